The van der Waals surface area contributed by atoms with Gasteiger partial charge in [0.25, 0.3) is 0 Å². The van der Waals surface area contributed by atoms with Gasteiger partial charge in [0.05, 0.1) is 0 Å². The van der Waals surface area contributed by atoms with E-state index in [0.29, 0.717) is 0 Å². The summed E-state index contributed by atoms with van der Waals surface area (Å²) in [5.74, 6) is 2.53. The molecular weight excluding hydrogens is 144 g/mol. The van der Waals surface area contributed by atoms with Crippen molar-refractivity contribution in [2.24, 2.45) is 17.8 Å². The molecule has 0 radical (unpaired) electrons. The third-order valence-electron chi connectivity index (χ3n) is 3.31. The van der Waals surface area contributed by atoms with Gasteiger partial charge in [0, 0.05) is 0 Å². The van der Waals surface area contributed by atoms with Crippen LogP contribution in [0.1, 0.15) is 33.1 Å². The molecule has 0 bridgehead atoms. The molecule has 2 aliphatic rings. The van der Waals surface area contributed by atoms with Crippen LogP contribution in [-0.4, -0.2) is 0 Å². The molecule has 12 heavy (non-hydrogen) atoms. The molecule has 0 aromatic carbocycles. The van der Waals surface area contributed by atoms with Crippen LogP contribution in [0.4, 0.5) is 0 Å². The number of fused-ring (bicyclic) bond motifs is 1. The van der Waals surface area contributed by atoms with Gasteiger partial charge in [-0.25, -0.2) is 0 Å². The monoisotopic (exact) mass is 162 g/mol. The van der Waals surface area contributed by atoms with E-state index in [1.807, 2.05) is 0 Å². The van der Waals surface area contributed by atoms with Crippen LogP contribution < -0.4 is 0 Å². The summed E-state index contributed by atoms with van der Waals surface area (Å²) in [4.78, 5) is 0. The molecule has 0 heterocycles. The van der Waals surface area contributed by atoms with Crippen LogP contribution >= 0.6 is 0 Å². The first kappa shape index (κ1) is 8.10. The number of rotatable bonds is 1. The summed E-state index contributed by atoms with van der Waals surface area (Å²) in [7, 11) is 0. The molecule has 0 unspecified atom stereocenters. The summed E-state index contributed by atoms with van der Waals surface area (Å²) in [5.41, 5.74) is 1.69. The lowest BCUT2D eigenvalue weighted by molar-refractivity contribution is 0.475. The Morgan fingerprint density at radius 3 is 2.92 bits per heavy atom. The van der Waals surface area contributed by atoms with E-state index in [0.717, 1.165) is 17.8 Å². The summed E-state index contributed by atoms with van der Waals surface area (Å²) in [6.07, 6.45) is 11.3. The second-order valence-corrected chi connectivity index (χ2v) is 4.41. The standard InChI is InChI=1S/C12H18/c1-9(2)11-7-3-5-10-6-4-8-12(10)11/h3,5,7,9-10,12H,4,6,8H2,1-2H3/t10-,12+/m0/s1. The summed E-state index contributed by atoms with van der Waals surface area (Å²) in [5, 5.41) is 0. The molecule has 2 rings (SSSR count). The van der Waals surface area contributed by atoms with Crippen LogP contribution in [0, 0.1) is 17.8 Å². The van der Waals surface area contributed by atoms with Crippen molar-refractivity contribution in [2.45, 2.75) is 33.1 Å². The SMILES string of the molecule is CC(C)C1=CC=C[C@H]2CCC[C@@H]12. The highest BCUT2D eigenvalue weighted by Crippen LogP contribution is 2.42. The lowest BCUT2D eigenvalue weighted by Crippen LogP contribution is -2.14. The molecule has 2 aliphatic carbocycles. The van der Waals surface area contributed by atoms with Crippen LogP contribution in [0.15, 0.2) is 23.8 Å². The van der Waals surface area contributed by atoms with E-state index in [2.05, 4.69) is 32.1 Å². The predicted octanol–water partition coefficient (Wildman–Crippen LogP) is 3.55. The van der Waals surface area contributed by atoms with Crippen molar-refractivity contribution in [3.05, 3.63) is 23.8 Å². The lowest BCUT2D eigenvalue weighted by atomic mass is 9.80. The molecule has 0 aliphatic heterocycles. The fourth-order valence-electron chi connectivity index (χ4n) is 2.69. The minimum Gasteiger partial charge on any atom is -0.0808 e. The summed E-state index contributed by atoms with van der Waals surface area (Å²) < 4.78 is 0. The minimum absolute atomic E-state index is 0.751. The van der Waals surface area contributed by atoms with Crippen molar-refractivity contribution in [1.29, 1.82) is 0 Å². The molecule has 0 nitrogen and oxygen atoms in total. The molecule has 0 aromatic rings. The Balaban J connectivity index is 2.21. The normalized spacial score (nSPS) is 33.8. The Hall–Kier alpha value is -0.520. The Labute approximate surface area is 75.4 Å². The zero-order chi connectivity index (χ0) is 8.55. The van der Waals surface area contributed by atoms with Crippen LogP contribution in [0.2, 0.25) is 0 Å². The first-order valence-electron chi connectivity index (χ1n) is 5.17. The number of hydrogen-bond acceptors (Lipinski definition) is 0. The van der Waals surface area contributed by atoms with Gasteiger partial charge in [0.15, 0.2) is 0 Å². The smallest absolute Gasteiger partial charge is 0.0134 e. The fourth-order valence-corrected chi connectivity index (χ4v) is 2.69. The van der Waals surface area contributed by atoms with Crippen LogP contribution in [0.3, 0.4) is 0 Å². The van der Waals surface area contributed by atoms with Crippen molar-refractivity contribution in [2.75, 3.05) is 0 Å². The third kappa shape index (κ3) is 1.24. The molecule has 0 saturated heterocycles. The van der Waals surface area contributed by atoms with Gasteiger partial charge < -0.3 is 0 Å². The molecule has 0 heteroatoms. The topological polar surface area (TPSA) is 0 Å². The zero-order valence-electron chi connectivity index (χ0n) is 8.09. The molecule has 66 valence electrons. The van der Waals surface area contributed by atoms with Gasteiger partial charge in [0.2, 0.25) is 0 Å². The van der Waals surface area contributed by atoms with E-state index in [4.69, 9.17) is 0 Å². The molecule has 1 saturated carbocycles. The average molecular weight is 162 g/mol. The van der Waals surface area contributed by atoms with Gasteiger partial charge in [0.1, 0.15) is 0 Å². The van der Waals surface area contributed by atoms with E-state index in [-0.39, 0.29) is 0 Å². The van der Waals surface area contributed by atoms with E-state index < -0.39 is 0 Å². The van der Waals surface area contributed by atoms with Gasteiger partial charge >= 0.3 is 0 Å². The minimum atomic E-state index is 0.751. The van der Waals surface area contributed by atoms with Gasteiger partial charge in [-0.1, -0.05) is 44.1 Å². The van der Waals surface area contributed by atoms with Crippen LogP contribution in [-0.2, 0) is 0 Å². The highest BCUT2D eigenvalue weighted by molar-refractivity contribution is 5.25. The second kappa shape index (κ2) is 3.08. The van der Waals surface area contributed by atoms with Gasteiger partial charge in [-0.05, 0) is 30.6 Å². The molecule has 0 amide bonds. The van der Waals surface area contributed by atoms with E-state index in [1.54, 1.807) is 5.57 Å². The maximum atomic E-state index is 2.41. The molecule has 1 fully saturated rings. The Morgan fingerprint density at radius 1 is 1.33 bits per heavy atom. The average Bonchev–Trinajstić information content (AvgIpc) is 2.49. The summed E-state index contributed by atoms with van der Waals surface area (Å²) in [6.45, 7) is 4.64. The largest absolute Gasteiger partial charge is 0.0808 e. The van der Waals surface area contributed by atoms with Crippen molar-refractivity contribution in [3.8, 4) is 0 Å². The molecular formula is C12H18. The summed E-state index contributed by atoms with van der Waals surface area (Å²) in [6, 6.07) is 0. The lowest BCUT2D eigenvalue weighted by Gasteiger charge is -2.25. The van der Waals surface area contributed by atoms with E-state index in [9.17, 15) is 0 Å². The van der Waals surface area contributed by atoms with Gasteiger partial charge in [-0.15, -0.1) is 0 Å². The maximum Gasteiger partial charge on any atom is -0.0134 e. The maximum absolute atomic E-state index is 2.41. The van der Waals surface area contributed by atoms with E-state index >= 15 is 0 Å². The first-order valence-corrected chi connectivity index (χ1v) is 5.17. The van der Waals surface area contributed by atoms with Gasteiger partial charge in [-0.3, -0.25) is 0 Å². The Kier molecular flexibility index (Phi) is 2.08. The fraction of sp³-hybridized carbons (Fsp3) is 0.667. The third-order valence-corrected chi connectivity index (χ3v) is 3.31. The van der Waals surface area contributed by atoms with Crippen LogP contribution in [0.25, 0.3) is 0 Å². The summed E-state index contributed by atoms with van der Waals surface area (Å²) >= 11 is 0. The Bertz CT molecular complexity index is 220. The molecule has 0 aromatic heterocycles. The van der Waals surface area contributed by atoms with Gasteiger partial charge in [-0.2, -0.15) is 0 Å². The Morgan fingerprint density at radius 2 is 2.17 bits per heavy atom. The molecule has 2 atom stereocenters. The second-order valence-electron chi connectivity index (χ2n) is 4.41. The van der Waals surface area contributed by atoms with Crippen molar-refractivity contribution >= 4 is 0 Å². The molecule has 0 N–H and O–H groups in total. The predicted molar refractivity (Wildman–Crippen MR) is 52.9 cm³/mol. The molecule has 0 spiro atoms. The van der Waals surface area contributed by atoms with Crippen LogP contribution in [0.5, 0.6) is 0 Å². The zero-order valence-corrected chi connectivity index (χ0v) is 8.09. The van der Waals surface area contributed by atoms with Crippen molar-refractivity contribution in [3.63, 3.8) is 0 Å². The number of hydrogen-bond donors (Lipinski definition) is 0. The first-order chi connectivity index (χ1) is 5.79. The number of allylic oxidation sites excluding steroid dienone is 4. The quantitative estimate of drug-likeness (QED) is 0.553. The highest BCUT2D eigenvalue weighted by Gasteiger charge is 2.30. The van der Waals surface area contributed by atoms with Crippen molar-refractivity contribution < 1.29 is 0 Å². The highest BCUT2D eigenvalue weighted by atomic mass is 14.3. The van der Waals surface area contributed by atoms with E-state index in [1.165, 1.54) is 19.3 Å². The van der Waals surface area contributed by atoms with Crippen molar-refractivity contribution in [1.82, 2.24) is 0 Å².